The van der Waals surface area contributed by atoms with Crippen molar-refractivity contribution in [3.05, 3.63) is 58.8 Å². The zero-order valence-corrected chi connectivity index (χ0v) is 13.1. The smallest absolute Gasteiger partial charge is 0.255 e. The molecule has 1 saturated heterocycles. The molecule has 2 aromatic rings. The van der Waals surface area contributed by atoms with Gasteiger partial charge in [0.1, 0.15) is 5.82 Å². The summed E-state index contributed by atoms with van der Waals surface area (Å²) in [4.78, 5) is 25.7. The van der Waals surface area contributed by atoms with Crippen molar-refractivity contribution in [3.63, 3.8) is 0 Å². The average Bonchev–Trinajstić information content (AvgIpc) is 2.95. The summed E-state index contributed by atoms with van der Waals surface area (Å²) in [7, 11) is 0. The first-order valence-corrected chi connectivity index (χ1v) is 7.78. The van der Waals surface area contributed by atoms with Crippen molar-refractivity contribution < 1.29 is 9.18 Å². The molecule has 0 saturated carbocycles. The number of benzene rings is 1. The van der Waals surface area contributed by atoms with Gasteiger partial charge in [-0.3, -0.25) is 19.1 Å². The van der Waals surface area contributed by atoms with Gasteiger partial charge in [-0.2, -0.15) is 0 Å². The molecule has 1 fully saturated rings. The number of nitrogens with one attached hydrogen (secondary N) is 1. The second-order valence-corrected chi connectivity index (χ2v) is 5.91. The van der Waals surface area contributed by atoms with Crippen LogP contribution in [-0.4, -0.2) is 41.1 Å². The molecule has 3 rings (SSSR count). The fraction of sp³-hybridized carbons (Fsp3) is 0.294. The van der Waals surface area contributed by atoms with E-state index >= 15 is 0 Å². The molecule has 2 heterocycles. The van der Waals surface area contributed by atoms with Crippen LogP contribution in [-0.2, 0) is 4.79 Å². The van der Waals surface area contributed by atoms with E-state index in [1.165, 1.54) is 22.8 Å². The van der Waals surface area contributed by atoms with Crippen LogP contribution in [0.15, 0.2) is 47.4 Å². The number of rotatable bonds is 4. The number of hydrogen-bond acceptors (Lipinski definition) is 4. The number of pyridine rings is 1. The maximum absolute atomic E-state index is 14.2. The minimum Gasteiger partial charge on any atom is -0.326 e. The lowest BCUT2D eigenvalue weighted by atomic mass is 10.2. The Morgan fingerprint density at radius 3 is 2.83 bits per heavy atom. The van der Waals surface area contributed by atoms with Gasteiger partial charge in [0.25, 0.3) is 5.56 Å². The molecule has 0 unspecified atom stereocenters. The summed E-state index contributed by atoms with van der Waals surface area (Å²) >= 11 is 0. The number of carbonyl (C=O) groups excluding carboxylic acids is 1. The van der Waals surface area contributed by atoms with Gasteiger partial charge in [0.2, 0.25) is 5.91 Å². The van der Waals surface area contributed by atoms with Gasteiger partial charge in [0.15, 0.2) is 0 Å². The van der Waals surface area contributed by atoms with Crippen LogP contribution in [0.5, 0.6) is 0 Å². The maximum atomic E-state index is 14.2. The van der Waals surface area contributed by atoms with Crippen molar-refractivity contribution in [1.29, 1.82) is 0 Å². The normalized spacial score (nSPS) is 17.8. The summed E-state index contributed by atoms with van der Waals surface area (Å²) in [5, 5.41) is 2.56. The Hall–Kier alpha value is -2.51. The van der Waals surface area contributed by atoms with E-state index in [2.05, 4.69) is 5.32 Å². The lowest BCUT2D eigenvalue weighted by molar-refractivity contribution is -0.117. The Bertz CT molecular complexity index is 805. The Morgan fingerprint density at radius 1 is 1.33 bits per heavy atom. The predicted molar refractivity (Wildman–Crippen MR) is 89.7 cm³/mol. The molecule has 6 nitrogen and oxygen atoms in total. The Morgan fingerprint density at radius 2 is 2.17 bits per heavy atom. The molecule has 0 radical (unpaired) electrons. The second-order valence-electron chi connectivity index (χ2n) is 5.91. The van der Waals surface area contributed by atoms with Crippen molar-refractivity contribution >= 4 is 11.6 Å². The fourth-order valence-electron chi connectivity index (χ4n) is 2.79. The molecule has 1 aromatic heterocycles. The predicted octanol–water partition coefficient (Wildman–Crippen LogP) is 0.948. The monoisotopic (exact) mass is 330 g/mol. The van der Waals surface area contributed by atoms with Gasteiger partial charge < -0.3 is 11.1 Å². The highest BCUT2D eigenvalue weighted by atomic mass is 19.1. The van der Waals surface area contributed by atoms with E-state index in [0.29, 0.717) is 12.2 Å². The van der Waals surface area contributed by atoms with Crippen molar-refractivity contribution in [1.82, 2.24) is 9.47 Å². The minimum atomic E-state index is -0.588. The maximum Gasteiger partial charge on any atom is 0.255 e. The van der Waals surface area contributed by atoms with E-state index in [1.54, 1.807) is 24.4 Å². The van der Waals surface area contributed by atoms with Crippen molar-refractivity contribution in [2.45, 2.75) is 12.5 Å². The van der Waals surface area contributed by atoms with Crippen LogP contribution in [0.25, 0.3) is 5.69 Å². The topological polar surface area (TPSA) is 80.4 Å². The highest BCUT2D eigenvalue weighted by Crippen LogP contribution is 2.18. The van der Waals surface area contributed by atoms with Crippen molar-refractivity contribution in [2.75, 3.05) is 25.0 Å². The van der Waals surface area contributed by atoms with E-state index in [9.17, 15) is 14.0 Å². The van der Waals surface area contributed by atoms with E-state index in [0.717, 1.165) is 13.0 Å². The van der Waals surface area contributed by atoms with Gasteiger partial charge >= 0.3 is 0 Å². The quantitative estimate of drug-likeness (QED) is 0.875. The molecule has 1 aliphatic rings. The molecular weight excluding hydrogens is 311 g/mol. The molecule has 24 heavy (non-hydrogen) atoms. The first-order valence-electron chi connectivity index (χ1n) is 7.78. The molecule has 1 atom stereocenters. The summed E-state index contributed by atoms with van der Waals surface area (Å²) in [6, 6.07) is 9.07. The number of likely N-dealkylation sites (tertiary alicyclic amines) is 1. The van der Waals surface area contributed by atoms with Crippen LogP contribution in [0.4, 0.5) is 10.1 Å². The Balaban J connectivity index is 1.70. The van der Waals surface area contributed by atoms with E-state index in [1.807, 2.05) is 4.90 Å². The van der Waals surface area contributed by atoms with Gasteiger partial charge in [0, 0.05) is 37.5 Å². The highest BCUT2D eigenvalue weighted by Gasteiger charge is 2.21. The Kier molecular flexibility index (Phi) is 4.73. The second kappa shape index (κ2) is 6.94. The van der Waals surface area contributed by atoms with Crippen LogP contribution in [0.3, 0.4) is 0 Å². The van der Waals surface area contributed by atoms with Crippen molar-refractivity contribution in [2.24, 2.45) is 5.73 Å². The van der Waals surface area contributed by atoms with Gasteiger partial charge in [-0.05, 0) is 24.6 Å². The zero-order valence-electron chi connectivity index (χ0n) is 13.1. The molecule has 1 aliphatic heterocycles. The lowest BCUT2D eigenvalue weighted by Gasteiger charge is -2.15. The molecule has 126 valence electrons. The standard InChI is InChI=1S/C17H19FN4O2/c18-14-9-13(22-7-2-1-3-17(22)24)4-5-15(14)20-16(23)11-21-8-6-12(19)10-21/h1-5,7,9,12H,6,8,10-11,19H2,(H,20,23)/t12-/m1/s1. The molecular formula is C17H19FN4O2. The van der Waals surface area contributed by atoms with Gasteiger partial charge in [-0.1, -0.05) is 6.07 Å². The number of carbonyl (C=O) groups is 1. The fourth-order valence-corrected chi connectivity index (χ4v) is 2.79. The van der Waals surface area contributed by atoms with Gasteiger partial charge in [-0.25, -0.2) is 4.39 Å². The summed E-state index contributed by atoms with van der Waals surface area (Å²) in [5.41, 5.74) is 6.05. The number of nitrogens with zero attached hydrogens (tertiary/aromatic N) is 2. The number of nitrogens with two attached hydrogens (primary N) is 1. The lowest BCUT2D eigenvalue weighted by Crippen LogP contribution is -2.33. The molecule has 0 aliphatic carbocycles. The van der Waals surface area contributed by atoms with E-state index in [-0.39, 0.29) is 29.7 Å². The summed E-state index contributed by atoms with van der Waals surface area (Å²) in [5.74, 6) is -0.873. The van der Waals surface area contributed by atoms with Crippen LogP contribution in [0.1, 0.15) is 6.42 Å². The third kappa shape index (κ3) is 3.69. The summed E-state index contributed by atoms with van der Waals surface area (Å²) in [6.07, 6.45) is 2.42. The van der Waals surface area contributed by atoms with Crippen LogP contribution in [0, 0.1) is 5.82 Å². The highest BCUT2D eigenvalue weighted by molar-refractivity contribution is 5.92. The molecule has 0 spiro atoms. The average molecular weight is 330 g/mol. The van der Waals surface area contributed by atoms with Crippen molar-refractivity contribution in [3.8, 4) is 5.69 Å². The largest absolute Gasteiger partial charge is 0.326 e. The minimum absolute atomic E-state index is 0.0937. The first kappa shape index (κ1) is 16.4. The molecule has 1 aromatic carbocycles. The Labute approximate surface area is 138 Å². The molecule has 7 heteroatoms. The summed E-state index contributed by atoms with van der Waals surface area (Å²) in [6.45, 7) is 1.63. The summed E-state index contributed by atoms with van der Waals surface area (Å²) < 4.78 is 15.6. The molecule has 0 bridgehead atoms. The third-order valence-electron chi connectivity index (χ3n) is 4.00. The van der Waals surface area contributed by atoms with Crippen LogP contribution in [0.2, 0.25) is 0 Å². The van der Waals surface area contributed by atoms with E-state index in [4.69, 9.17) is 5.73 Å². The number of hydrogen-bond donors (Lipinski definition) is 2. The van der Waals surface area contributed by atoms with Gasteiger partial charge in [-0.15, -0.1) is 0 Å². The van der Waals surface area contributed by atoms with E-state index < -0.39 is 5.82 Å². The number of halogens is 1. The van der Waals surface area contributed by atoms with Gasteiger partial charge in [0.05, 0.1) is 17.9 Å². The molecule has 3 N–H and O–H groups in total. The molecule has 1 amide bonds. The number of anilines is 1. The number of amides is 1. The zero-order chi connectivity index (χ0) is 17.1. The van der Waals surface area contributed by atoms with Crippen LogP contribution >= 0.6 is 0 Å². The first-order chi connectivity index (χ1) is 11.5. The SMILES string of the molecule is N[C@@H]1CCN(CC(=O)Nc2ccc(-n3ccccc3=O)cc2F)C1. The number of aromatic nitrogens is 1. The third-order valence-corrected chi connectivity index (χ3v) is 4.00. The van der Waals surface area contributed by atoms with Crippen LogP contribution < -0.4 is 16.6 Å².